The highest BCUT2D eigenvalue weighted by molar-refractivity contribution is 7.90. The molecule has 0 N–H and O–H groups in total. The molecule has 2 rings (SSSR count). The standard InChI is InChI=1S/C12H14N4O3S/c1-8(7-19-2)16-10(5-13)4-9-6-14-12(15-11(9)16)20(3,17)18/h4,6,8H,7H2,1-3H3. The third-order valence-electron chi connectivity index (χ3n) is 2.85. The van der Waals surface area contributed by atoms with E-state index in [0.29, 0.717) is 23.3 Å². The van der Waals surface area contributed by atoms with Gasteiger partial charge in [0, 0.05) is 24.9 Å². The van der Waals surface area contributed by atoms with Crippen LogP contribution in [0.5, 0.6) is 0 Å². The number of methoxy groups -OCH3 is 1. The predicted molar refractivity (Wildman–Crippen MR) is 71.9 cm³/mol. The van der Waals surface area contributed by atoms with Gasteiger partial charge in [0.25, 0.3) is 0 Å². The van der Waals surface area contributed by atoms with Crippen molar-refractivity contribution in [3.8, 4) is 6.07 Å². The minimum absolute atomic E-state index is 0.144. The SMILES string of the molecule is COCC(C)n1c(C#N)cc2cnc(S(C)(=O)=O)nc21. The number of hydrogen-bond donors (Lipinski definition) is 0. The van der Waals surface area contributed by atoms with E-state index in [1.165, 1.54) is 6.20 Å². The van der Waals surface area contributed by atoms with Gasteiger partial charge in [-0.15, -0.1) is 0 Å². The number of hydrogen-bond acceptors (Lipinski definition) is 6. The molecule has 0 amide bonds. The zero-order valence-electron chi connectivity index (χ0n) is 11.4. The van der Waals surface area contributed by atoms with Crippen LogP contribution >= 0.6 is 0 Å². The molecule has 0 spiro atoms. The first-order valence-corrected chi connectivity index (χ1v) is 7.74. The lowest BCUT2D eigenvalue weighted by atomic mass is 10.3. The van der Waals surface area contributed by atoms with Crippen molar-refractivity contribution < 1.29 is 13.2 Å². The van der Waals surface area contributed by atoms with Crippen LogP contribution in [0.2, 0.25) is 0 Å². The Morgan fingerprint density at radius 1 is 1.55 bits per heavy atom. The summed E-state index contributed by atoms with van der Waals surface area (Å²) < 4.78 is 29.8. The summed E-state index contributed by atoms with van der Waals surface area (Å²) in [5.41, 5.74) is 0.811. The van der Waals surface area contributed by atoms with E-state index >= 15 is 0 Å². The summed E-state index contributed by atoms with van der Waals surface area (Å²) in [6, 6.07) is 3.56. The molecule has 8 heteroatoms. The van der Waals surface area contributed by atoms with Crippen molar-refractivity contribution in [1.82, 2.24) is 14.5 Å². The monoisotopic (exact) mass is 294 g/mol. The molecule has 2 aromatic rings. The summed E-state index contributed by atoms with van der Waals surface area (Å²) >= 11 is 0. The lowest BCUT2D eigenvalue weighted by Crippen LogP contribution is -2.14. The molecule has 2 aromatic heterocycles. The molecule has 1 unspecified atom stereocenters. The normalized spacial score (nSPS) is 13.3. The highest BCUT2D eigenvalue weighted by Gasteiger charge is 2.19. The number of fused-ring (bicyclic) bond motifs is 1. The fraction of sp³-hybridized carbons (Fsp3) is 0.417. The van der Waals surface area contributed by atoms with Gasteiger partial charge >= 0.3 is 0 Å². The van der Waals surface area contributed by atoms with Crippen LogP contribution in [-0.2, 0) is 14.6 Å². The number of rotatable bonds is 4. The number of nitriles is 1. The van der Waals surface area contributed by atoms with Gasteiger partial charge in [0.1, 0.15) is 17.4 Å². The smallest absolute Gasteiger partial charge is 0.248 e. The maximum absolute atomic E-state index is 11.5. The van der Waals surface area contributed by atoms with Crippen molar-refractivity contribution in [2.24, 2.45) is 0 Å². The molecule has 20 heavy (non-hydrogen) atoms. The summed E-state index contributed by atoms with van der Waals surface area (Å²) in [7, 11) is -1.94. The Bertz CT molecular complexity index is 789. The summed E-state index contributed by atoms with van der Waals surface area (Å²) in [6.07, 6.45) is 2.46. The van der Waals surface area contributed by atoms with Crippen LogP contribution in [0.4, 0.5) is 0 Å². The van der Waals surface area contributed by atoms with Gasteiger partial charge in [0.05, 0.1) is 12.6 Å². The zero-order chi connectivity index (χ0) is 14.9. The van der Waals surface area contributed by atoms with Crippen LogP contribution in [0.1, 0.15) is 18.7 Å². The van der Waals surface area contributed by atoms with Crippen LogP contribution in [0, 0.1) is 11.3 Å². The summed E-state index contributed by atoms with van der Waals surface area (Å²) in [5, 5.41) is 9.56. The Balaban J connectivity index is 2.73. The quantitative estimate of drug-likeness (QED) is 0.777. The van der Waals surface area contributed by atoms with Crippen LogP contribution in [0.25, 0.3) is 11.0 Å². The van der Waals surface area contributed by atoms with E-state index in [9.17, 15) is 13.7 Å². The molecule has 0 saturated heterocycles. The van der Waals surface area contributed by atoms with Crippen molar-refractivity contribution in [1.29, 1.82) is 5.26 Å². The molecule has 0 bridgehead atoms. The maximum atomic E-state index is 11.5. The van der Waals surface area contributed by atoms with Gasteiger partial charge < -0.3 is 9.30 Å². The molecule has 0 aliphatic carbocycles. The molecular formula is C12H14N4O3S. The molecule has 0 fully saturated rings. The molecule has 0 saturated carbocycles. The molecular weight excluding hydrogens is 280 g/mol. The first-order chi connectivity index (χ1) is 9.38. The van der Waals surface area contributed by atoms with Crippen molar-refractivity contribution in [2.45, 2.75) is 18.1 Å². The Kier molecular flexibility index (Phi) is 3.74. The molecule has 0 aromatic carbocycles. The number of sulfone groups is 1. The second-order valence-corrected chi connectivity index (χ2v) is 6.43. The van der Waals surface area contributed by atoms with Gasteiger partial charge in [-0.1, -0.05) is 0 Å². The Hall–Kier alpha value is -1.98. The maximum Gasteiger partial charge on any atom is 0.248 e. The van der Waals surface area contributed by atoms with Gasteiger partial charge in [0.2, 0.25) is 15.0 Å². The van der Waals surface area contributed by atoms with E-state index in [-0.39, 0.29) is 11.2 Å². The second-order valence-electron chi connectivity index (χ2n) is 4.52. The fourth-order valence-corrected chi connectivity index (χ4v) is 2.52. The third-order valence-corrected chi connectivity index (χ3v) is 3.71. The van der Waals surface area contributed by atoms with Gasteiger partial charge in [-0.3, -0.25) is 0 Å². The van der Waals surface area contributed by atoms with Gasteiger partial charge in [-0.2, -0.15) is 10.2 Å². The Morgan fingerprint density at radius 2 is 2.25 bits per heavy atom. The van der Waals surface area contributed by atoms with E-state index in [4.69, 9.17) is 4.74 Å². The van der Waals surface area contributed by atoms with E-state index in [2.05, 4.69) is 16.0 Å². The van der Waals surface area contributed by atoms with E-state index < -0.39 is 9.84 Å². The predicted octanol–water partition coefficient (Wildman–Crippen LogP) is 0.914. The Labute approximate surface area is 116 Å². The van der Waals surface area contributed by atoms with Crippen molar-refractivity contribution >= 4 is 20.9 Å². The average molecular weight is 294 g/mol. The first kappa shape index (κ1) is 14.4. The second kappa shape index (κ2) is 5.19. The number of nitrogens with zero attached hydrogens (tertiary/aromatic N) is 4. The molecule has 0 aliphatic rings. The zero-order valence-corrected chi connectivity index (χ0v) is 12.2. The molecule has 106 valence electrons. The molecule has 1 atom stereocenters. The van der Waals surface area contributed by atoms with Crippen LogP contribution < -0.4 is 0 Å². The van der Waals surface area contributed by atoms with Crippen molar-refractivity contribution in [3.05, 3.63) is 18.0 Å². The lowest BCUT2D eigenvalue weighted by Gasteiger charge is -2.14. The van der Waals surface area contributed by atoms with Crippen molar-refractivity contribution in [2.75, 3.05) is 20.0 Å². The van der Waals surface area contributed by atoms with Gasteiger partial charge in [-0.05, 0) is 13.0 Å². The first-order valence-electron chi connectivity index (χ1n) is 5.85. The fourth-order valence-electron chi connectivity index (χ4n) is 2.02. The van der Waals surface area contributed by atoms with E-state index in [0.717, 1.165) is 6.26 Å². The van der Waals surface area contributed by atoms with Crippen LogP contribution in [0.3, 0.4) is 0 Å². The van der Waals surface area contributed by atoms with Gasteiger partial charge in [-0.25, -0.2) is 13.4 Å². The Morgan fingerprint density at radius 3 is 2.80 bits per heavy atom. The van der Waals surface area contributed by atoms with Crippen LogP contribution in [-0.4, -0.2) is 42.9 Å². The number of ether oxygens (including phenoxy) is 1. The number of aromatic nitrogens is 3. The van der Waals surface area contributed by atoms with E-state index in [1.54, 1.807) is 17.7 Å². The summed E-state index contributed by atoms with van der Waals surface area (Å²) in [6.45, 7) is 2.25. The van der Waals surface area contributed by atoms with E-state index in [1.807, 2.05) is 6.92 Å². The lowest BCUT2D eigenvalue weighted by molar-refractivity contribution is 0.163. The molecule has 0 radical (unpaired) electrons. The van der Waals surface area contributed by atoms with Crippen molar-refractivity contribution in [3.63, 3.8) is 0 Å². The minimum atomic E-state index is -3.50. The third kappa shape index (κ3) is 2.50. The highest BCUT2D eigenvalue weighted by Crippen LogP contribution is 2.23. The molecule has 2 heterocycles. The average Bonchev–Trinajstić information content (AvgIpc) is 2.75. The highest BCUT2D eigenvalue weighted by atomic mass is 32.2. The molecule has 7 nitrogen and oxygen atoms in total. The minimum Gasteiger partial charge on any atom is -0.383 e. The largest absolute Gasteiger partial charge is 0.383 e. The summed E-state index contributed by atoms with van der Waals surface area (Å²) in [4.78, 5) is 7.89. The topological polar surface area (TPSA) is 97.9 Å². The van der Waals surface area contributed by atoms with Crippen LogP contribution in [0.15, 0.2) is 17.4 Å². The molecule has 0 aliphatic heterocycles. The summed E-state index contributed by atoms with van der Waals surface area (Å²) in [5.74, 6) is 0. The van der Waals surface area contributed by atoms with Gasteiger partial charge in [0.15, 0.2) is 0 Å².